The molecule has 1 unspecified atom stereocenters. The lowest BCUT2D eigenvalue weighted by atomic mass is 10.1. The second kappa shape index (κ2) is 8.13. The van der Waals surface area contributed by atoms with Crippen molar-refractivity contribution in [1.29, 1.82) is 0 Å². The number of carbonyl (C=O) groups is 1. The molecule has 2 fully saturated rings. The van der Waals surface area contributed by atoms with Crippen LogP contribution in [0, 0.1) is 0 Å². The van der Waals surface area contributed by atoms with Gasteiger partial charge in [-0.15, -0.1) is 0 Å². The molecule has 2 aliphatic rings. The second-order valence-corrected chi connectivity index (χ2v) is 8.00. The third-order valence-electron chi connectivity index (χ3n) is 5.96. The minimum atomic E-state index is -0.380. The maximum Gasteiger partial charge on any atom is 0.253 e. The fraction of sp³-hybridized carbons (Fsp3) is 0.375. The van der Waals surface area contributed by atoms with Gasteiger partial charge < -0.3 is 24.3 Å². The van der Waals surface area contributed by atoms with Gasteiger partial charge in [-0.05, 0) is 48.7 Å². The summed E-state index contributed by atoms with van der Waals surface area (Å²) in [6.07, 6.45) is 3.93. The molecule has 1 saturated heterocycles. The van der Waals surface area contributed by atoms with Crippen LogP contribution < -0.4 is 10.1 Å². The van der Waals surface area contributed by atoms with Crippen molar-refractivity contribution in [2.45, 2.75) is 31.5 Å². The van der Waals surface area contributed by atoms with Gasteiger partial charge in [-0.2, -0.15) is 0 Å². The number of methoxy groups -OCH3 is 1. The van der Waals surface area contributed by atoms with Gasteiger partial charge in [0.15, 0.2) is 0 Å². The monoisotopic (exact) mass is 405 g/mol. The van der Waals surface area contributed by atoms with Crippen molar-refractivity contribution in [3.05, 3.63) is 60.3 Å². The maximum atomic E-state index is 13.2. The van der Waals surface area contributed by atoms with E-state index in [0.717, 1.165) is 41.9 Å². The van der Waals surface area contributed by atoms with E-state index in [0.29, 0.717) is 25.7 Å². The number of nitrogens with zero attached hydrogens (tertiary/aromatic N) is 2. The molecule has 156 valence electrons. The molecule has 6 heteroatoms. The van der Waals surface area contributed by atoms with Crippen molar-refractivity contribution >= 4 is 16.8 Å². The summed E-state index contributed by atoms with van der Waals surface area (Å²) in [4.78, 5) is 15.2. The van der Waals surface area contributed by atoms with E-state index in [1.54, 1.807) is 7.11 Å². The van der Waals surface area contributed by atoms with E-state index in [1.165, 1.54) is 5.39 Å². The number of rotatable bonds is 6. The Hall–Kier alpha value is -2.83. The summed E-state index contributed by atoms with van der Waals surface area (Å²) in [5.41, 5.74) is 3.37. The molecule has 30 heavy (non-hydrogen) atoms. The first-order chi connectivity index (χ1) is 14.7. The number of nitrogens with one attached hydrogen (secondary N) is 1. The molecule has 0 spiro atoms. The average molecular weight is 405 g/mol. The maximum absolute atomic E-state index is 13.2. The third-order valence-corrected chi connectivity index (χ3v) is 5.96. The lowest BCUT2D eigenvalue weighted by Crippen LogP contribution is -2.49. The Morgan fingerprint density at radius 2 is 2.00 bits per heavy atom. The molecule has 1 aliphatic heterocycles. The van der Waals surface area contributed by atoms with Crippen LogP contribution in [-0.2, 0) is 16.1 Å². The van der Waals surface area contributed by atoms with Crippen LogP contribution in [0.5, 0.6) is 5.75 Å². The van der Waals surface area contributed by atoms with Gasteiger partial charge in [-0.25, -0.2) is 0 Å². The molecule has 2 heterocycles. The number of hydrogen-bond acceptors (Lipinski definition) is 4. The van der Waals surface area contributed by atoms with Gasteiger partial charge in [-0.3, -0.25) is 4.79 Å². The number of amides is 1. The summed E-state index contributed by atoms with van der Waals surface area (Å²) in [5.74, 6) is 0.938. The van der Waals surface area contributed by atoms with E-state index in [1.807, 2.05) is 17.0 Å². The number of fused-ring (bicyclic) bond motifs is 1. The van der Waals surface area contributed by atoms with E-state index in [-0.39, 0.29) is 12.0 Å². The predicted molar refractivity (Wildman–Crippen MR) is 116 cm³/mol. The normalized spacial score (nSPS) is 19.0. The Morgan fingerprint density at radius 3 is 2.70 bits per heavy atom. The molecular formula is C24H27N3O3. The zero-order valence-corrected chi connectivity index (χ0v) is 17.2. The van der Waals surface area contributed by atoms with Crippen molar-refractivity contribution < 1.29 is 14.3 Å². The minimum absolute atomic E-state index is 0.103. The van der Waals surface area contributed by atoms with Gasteiger partial charge in [0.25, 0.3) is 5.91 Å². The number of para-hydroxylation sites is 1. The molecule has 2 aromatic carbocycles. The first-order valence-corrected chi connectivity index (χ1v) is 10.6. The molecule has 1 aliphatic carbocycles. The first kappa shape index (κ1) is 19.2. The van der Waals surface area contributed by atoms with Gasteiger partial charge in [0, 0.05) is 42.9 Å². The van der Waals surface area contributed by atoms with Crippen LogP contribution in [0.2, 0.25) is 0 Å². The smallest absolute Gasteiger partial charge is 0.253 e. The van der Waals surface area contributed by atoms with E-state index < -0.39 is 0 Å². The van der Waals surface area contributed by atoms with Crippen LogP contribution in [0.4, 0.5) is 0 Å². The van der Waals surface area contributed by atoms with Gasteiger partial charge in [-0.1, -0.05) is 18.2 Å². The summed E-state index contributed by atoms with van der Waals surface area (Å²) >= 11 is 0. The first-order valence-electron chi connectivity index (χ1n) is 10.6. The SMILES string of the molecule is COc1ccc(-n2cc(CN(C(=O)C3CNCCO3)C3CC3)c3ccccc32)cc1. The molecule has 1 saturated carbocycles. The quantitative estimate of drug-likeness (QED) is 0.685. The Bertz CT molecular complexity index is 1030. The number of benzene rings is 2. The van der Waals surface area contributed by atoms with Crippen molar-refractivity contribution in [1.82, 2.24) is 14.8 Å². The standard InChI is InChI=1S/C24H27N3O3/c1-29-20-10-8-18(9-11-20)26-15-17(21-4-2-3-5-22(21)26)16-27(19-6-7-19)24(28)23-14-25-12-13-30-23/h2-5,8-11,15,19,23,25H,6-7,12-14,16H2,1H3. The number of carbonyl (C=O) groups excluding carboxylic acids is 1. The lowest BCUT2D eigenvalue weighted by molar-refractivity contribution is -0.146. The van der Waals surface area contributed by atoms with Crippen molar-refractivity contribution in [2.24, 2.45) is 0 Å². The highest BCUT2D eigenvalue weighted by atomic mass is 16.5. The van der Waals surface area contributed by atoms with Crippen LogP contribution in [0.25, 0.3) is 16.6 Å². The number of aromatic nitrogens is 1. The lowest BCUT2D eigenvalue weighted by Gasteiger charge is -2.30. The fourth-order valence-corrected chi connectivity index (χ4v) is 4.20. The number of morpholine rings is 1. The molecule has 0 radical (unpaired) electrons. The van der Waals surface area contributed by atoms with Gasteiger partial charge in [0.1, 0.15) is 11.9 Å². The highest BCUT2D eigenvalue weighted by Gasteiger charge is 2.37. The van der Waals surface area contributed by atoms with Crippen LogP contribution in [0.15, 0.2) is 54.7 Å². The molecule has 0 bridgehead atoms. The van der Waals surface area contributed by atoms with Gasteiger partial charge in [0.05, 0.1) is 19.2 Å². The van der Waals surface area contributed by atoms with E-state index in [2.05, 4.69) is 52.5 Å². The van der Waals surface area contributed by atoms with E-state index >= 15 is 0 Å². The van der Waals surface area contributed by atoms with Crippen molar-refractivity contribution in [3.63, 3.8) is 0 Å². The van der Waals surface area contributed by atoms with E-state index in [9.17, 15) is 4.79 Å². The van der Waals surface area contributed by atoms with E-state index in [4.69, 9.17) is 9.47 Å². The van der Waals surface area contributed by atoms with Crippen molar-refractivity contribution in [2.75, 3.05) is 26.8 Å². The highest BCUT2D eigenvalue weighted by Crippen LogP contribution is 2.32. The largest absolute Gasteiger partial charge is 0.497 e. The van der Waals surface area contributed by atoms with Crippen molar-refractivity contribution in [3.8, 4) is 11.4 Å². The van der Waals surface area contributed by atoms with Crippen LogP contribution >= 0.6 is 0 Å². The number of hydrogen-bond donors (Lipinski definition) is 1. The Balaban J connectivity index is 1.48. The highest BCUT2D eigenvalue weighted by molar-refractivity contribution is 5.87. The van der Waals surface area contributed by atoms with Gasteiger partial charge in [0.2, 0.25) is 0 Å². The summed E-state index contributed by atoms with van der Waals surface area (Å²) in [5, 5.41) is 4.45. The summed E-state index contributed by atoms with van der Waals surface area (Å²) in [6, 6.07) is 16.7. The molecule has 5 rings (SSSR count). The molecule has 3 aromatic rings. The zero-order valence-electron chi connectivity index (χ0n) is 17.2. The molecule has 1 aromatic heterocycles. The molecular weight excluding hydrogens is 378 g/mol. The molecule has 1 amide bonds. The average Bonchev–Trinajstić information content (AvgIpc) is 3.59. The Morgan fingerprint density at radius 1 is 1.20 bits per heavy atom. The third kappa shape index (κ3) is 3.68. The fourth-order valence-electron chi connectivity index (χ4n) is 4.20. The Labute approximate surface area is 176 Å². The summed E-state index contributed by atoms with van der Waals surface area (Å²) < 4.78 is 13.2. The summed E-state index contributed by atoms with van der Waals surface area (Å²) in [7, 11) is 1.67. The predicted octanol–water partition coefficient (Wildman–Crippen LogP) is 3.12. The second-order valence-electron chi connectivity index (χ2n) is 8.00. The topological polar surface area (TPSA) is 55.7 Å². The zero-order chi connectivity index (χ0) is 20.5. The molecule has 6 nitrogen and oxygen atoms in total. The Kier molecular flexibility index (Phi) is 5.19. The van der Waals surface area contributed by atoms with Crippen LogP contribution in [0.3, 0.4) is 0 Å². The van der Waals surface area contributed by atoms with Crippen LogP contribution in [-0.4, -0.2) is 54.3 Å². The van der Waals surface area contributed by atoms with Gasteiger partial charge >= 0.3 is 0 Å². The van der Waals surface area contributed by atoms with Crippen LogP contribution in [0.1, 0.15) is 18.4 Å². The summed E-state index contributed by atoms with van der Waals surface area (Å²) in [6.45, 7) is 2.59. The number of ether oxygens (including phenoxy) is 2. The minimum Gasteiger partial charge on any atom is -0.497 e. The molecule has 1 atom stereocenters. The molecule has 1 N–H and O–H groups in total.